The zero-order valence-corrected chi connectivity index (χ0v) is 9.47. The second-order valence-corrected chi connectivity index (χ2v) is 4.62. The first kappa shape index (κ1) is 10.7. The van der Waals surface area contributed by atoms with Crippen LogP contribution in [0.4, 0.5) is 0 Å². The molecule has 0 spiro atoms. The van der Waals surface area contributed by atoms with Gasteiger partial charge in [-0.25, -0.2) is 0 Å². The topological polar surface area (TPSA) is 44.9 Å². The molecular formula is C11H15ClN2O. The Morgan fingerprint density at radius 2 is 2.33 bits per heavy atom. The molecule has 1 aliphatic heterocycles. The van der Waals surface area contributed by atoms with Crippen LogP contribution in [0.5, 0.6) is 0 Å². The third-order valence-corrected chi connectivity index (χ3v) is 3.30. The van der Waals surface area contributed by atoms with E-state index in [2.05, 4.69) is 17.2 Å². The first-order chi connectivity index (χ1) is 7.18. The van der Waals surface area contributed by atoms with E-state index in [0.717, 1.165) is 25.1 Å². The molecule has 15 heavy (non-hydrogen) atoms. The third kappa shape index (κ3) is 2.24. The second-order valence-electron chi connectivity index (χ2n) is 4.18. The summed E-state index contributed by atoms with van der Waals surface area (Å²) in [5.74, 6) is 0.812. The minimum absolute atomic E-state index is 0.00171. The quantitative estimate of drug-likeness (QED) is 0.766. The molecule has 0 bridgehead atoms. The molecule has 2 rings (SSSR count). The van der Waals surface area contributed by atoms with E-state index < -0.39 is 0 Å². The zero-order valence-electron chi connectivity index (χ0n) is 8.72. The molecule has 3 nitrogen and oxygen atoms in total. The standard InChI is InChI=1S/C11H15ClN2O/c1-7-5-13-3-2-9(7)10-4-8(12)6-14-11(10)15/h4,6-7,9,13H,2-3,5H2,1H3,(H,14,15). The fraction of sp³-hybridized carbons (Fsp3) is 0.545. The van der Waals surface area contributed by atoms with Crippen molar-refractivity contribution in [3.05, 3.63) is 33.2 Å². The second kappa shape index (κ2) is 4.37. The molecule has 0 aliphatic carbocycles. The molecule has 1 aromatic rings. The van der Waals surface area contributed by atoms with E-state index in [1.165, 1.54) is 0 Å². The first-order valence-corrected chi connectivity index (χ1v) is 5.65. The lowest BCUT2D eigenvalue weighted by Gasteiger charge is -2.29. The number of pyridine rings is 1. The van der Waals surface area contributed by atoms with Gasteiger partial charge in [-0.3, -0.25) is 4.79 Å². The minimum Gasteiger partial charge on any atom is -0.327 e. The van der Waals surface area contributed by atoms with Gasteiger partial charge in [-0.1, -0.05) is 18.5 Å². The highest BCUT2D eigenvalue weighted by atomic mass is 35.5. The van der Waals surface area contributed by atoms with Gasteiger partial charge in [0, 0.05) is 11.8 Å². The van der Waals surface area contributed by atoms with Crippen molar-refractivity contribution in [3.8, 4) is 0 Å². The van der Waals surface area contributed by atoms with E-state index in [1.807, 2.05) is 0 Å². The first-order valence-electron chi connectivity index (χ1n) is 5.27. The Balaban J connectivity index is 2.35. The largest absolute Gasteiger partial charge is 0.327 e. The number of hydrogen-bond acceptors (Lipinski definition) is 2. The molecule has 0 aromatic carbocycles. The maximum Gasteiger partial charge on any atom is 0.251 e. The van der Waals surface area contributed by atoms with Gasteiger partial charge in [-0.05, 0) is 37.4 Å². The van der Waals surface area contributed by atoms with Crippen molar-refractivity contribution in [2.75, 3.05) is 13.1 Å². The summed E-state index contributed by atoms with van der Waals surface area (Å²) in [4.78, 5) is 14.4. The van der Waals surface area contributed by atoms with Crippen molar-refractivity contribution in [2.24, 2.45) is 5.92 Å². The summed E-state index contributed by atoms with van der Waals surface area (Å²) in [6.45, 7) is 4.11. The average Bonchev–Trinajstić information content (AvgIpc) is 2.23. The number of nitrogens with one attached hydrogen (secondary N) is 2. The number of hydrogen-bond donors (Lipinski definition) is 2. The van der Waals surface area contributed by atoms with Crippen LogP contribution in [-0.2, 0) is 0 Å². The Morgan fingerprint density at radius 1 is 1.53 bits per heavy atom. The van der Waals surface area contributed by atoms with Crippen LogP contribution in [0.25, 0.3) is 0 Å². The molecule has 1 fully saturated rings. The lowest BCUT2D eigenvalue weighted by Crippen LogP contribution is -2.35. The van der Waals surface area contributed by atoms with Crippen LogP contribution in [0, 0.1) is 5.92 Å². The highest BCUT2D eigenvalue weighted by Gasteiger charge is 2.24. The predicted octanol–water partition coefficient (Wildman–Crippen LogP) is 1.74. The van der Waals surface area contributed by atoms with Gasteiger partial charge in [0.05, 0.1) is 5.02 Å². The van der Waals surface area contributed by atoms with Gasteiger partial charge in [0.2, 0.25) is 0 Å². The van der Waals surface area contributed by atoms with Crippen molar-refractivity contribution in [3.63, 3.8) is 0 Å². The maximum absolute atomic E-state index is 11.7. The van der Waals surface area contributed by atoms with Crippen molar-refractivity contribution in [1.29, 1.82) is 0 Å². The summed E-state index contributed by atoms with van der Waals surface area (Å²) in [6.07, 6.45) is 2.55. The van der Waals surface area contributed by atoms with Crippen molar-refractivity contribution in [2.45, 2.75) is 19.3 Å². The molecule has 0 amide bonds. The van der Waals surface area contributed by atoms with Crippen LogP contribution >= 0.6 is 11.6 Å². The summed E-state index contributed by atoms with van der Waals surface area (Å²) in [5.41, 5.74) is 0.828. The fourth-order valence-electron chi connectivity index (χ4n) is 2.23. The van der Waals surface area contributed by atoms with Gasteiger partial charge >= 0.3 is 0 Å². The van der Waals surface area contributed by atoms with Crippen molar-refractivity contribution < 1.29 is 0 Å². The Kier molecular flexibility index (Phi) is 3.12. The molecule has 2 unspecified atom stereocenters. The molecule has 1 saturated heterocycles. The Bertz CT molecular complexity index is 402. The summed E-state index contributed by atoms with van der Waals surface area (Å²) >= 11 is 5.90. The molecule has 2 heterocycles. The molecule has 2 atom stereocenters. The van der Waals surface area contributed by atoms with E-state index in [4.69, 9.17) is 11.6 Å². The molecule has 0 saturated carbocycles. The average molecular weight is 227 g/mol. The number of H-pyrrole nitrogens is 1. The van der Waals surface area contributed by atoms with E-state index in [-0.39, 0.29) is 5.56 Å². The number of rotatable bonds is 1. The monoisotopic (exact) mass is 226 g/mol. The SMILES string of the molecule is CC1CNCCC1c1cc(Cl)c[nH]c1=O. The number of piperidine rings is 1. The Morgan fingerprint density at radius 3 is 3.07 bits per heavy atom. The third-order valence-electron chi connectivity index (χ3n) is 3.08. The normalized spacial score (nSPS) is 26.5. The van der Waals surface area contributed by atoms with Crippen molar-refractivity contribution >= 4 is 11.6 Å². The lowest BCUT2D eigenvalue weighted by atomic mass is 9.83. The molecule has 1 aliphatic rings. The zero-order chi connectivity index (χ0) is 10.8. The summed E-state index contributed by atoms with van der Waals surface area (Å²) < 4.78 is 0. The van der Waals surface area contributed by atoms with Gasteiger partial charge in [-0.15, -0.1) is 0 Å². The van der Waals surface area contributed by atoms with E-state index >= 15 is 0 Å². The Labute approximate surface area is 93.8 Å². The van der Waals surface area contributed by atoms with Crippen LogP contribution < -0.4 is 10.9 Å². The minimum atomic E-state index is -0.00171. The molecule has 82 valence electrons. The van der Waals surface area contributed by atoms with E-state index in [1.54, 1.807) is 12.3 Å². The number of halogens is 1. The van der Waals surface area contributed by atoms with Gasteiger partial charge in [0.1, 0.15) is 0 Å². The highest BCUT2D eigenvalue weighted by Crippen LogP contribution is 2.28. The van der Waals surface area contributed by atoms with Crippen LogP contribution in [0.1, 0.15) is 24.8 Å². The van der Waals surface area contributed by atoms with Gasteiger partial charge in [-0.2, -0.15) is 0 Å². The van der Waals surface area contributed by atoms with Crippen LogP contribution in [0.3, 0.4) is 0 Å². The van der Waals surface area contributed by atoms with Crippen molar-refractivity contribution in [1.82, 2.24) is 10.3 Å². The molecular weight excluding hydrogens is 212 g/mol. The van der Waals surface area contributed by atoms with E-state index in [0.29, 0.717) is 16.9 Å². The van der Waals surface area contributed by atoms with Crippen LogP contribution in [-0.4, -0.2) is 18.1 Å². The smallest absolute Gasteiger partial charge is 0.251 e. The molecule has 4 heteroatoms. The number of aromatic nitrogens is 1. The van der Waals surface area contributed by atoms with E-state index in [9.17, 15) is 4.79 Å². The number of aromatic amines is 1. The Hall–Kier alpha value is -0.800. The summed E-state index contributed by atoms with van der Waals surface area (Å²) in [6, 6.07) is 1.80. The summed E-state index contributed by atoms with van der Waals surface area (Å²) in [5, 5.41) is 3.93. The molecule has 2 N–H and O–H groups in total. The molecule has 1 aromatic heterocycles. The predicted molar refractivity (Wildman–Crippen MR) is 61.5 cm³/mol. The van der Waals surface area contributed by atoms with Gasteiger partial charge in [0.25, 0.3) is 5.56 Å². The molecule has 0 radical (unpaired) electrons. The maximum atomic E-state index is 11.7. The lowest BCUT2D eigenvalue weighted by molar-refractivity contribution is 0.347. The van der Waals surface area contributed by atoms with Gasteiger partial charge < -0.3 is 10.3 Å². The van der Waals surface area contributed by atoms with Crippen LogP contribution in [0.15, 0.2) is 17.1 Å². The fourth-order valence-corrected chi connectivity index (χ4v) is 2.40. The van der Waals surface area contributed by atoms with Crippen LogP contribution in [0.2, 0.25) is 5.02 Å². The van der Waals surface area contributed by atoms with Gasteiger partial charge in [0.15, 0.2) is 0 Å². The summed E-state index contributed by atoms with van der Waals surface area (Å²) in [7, 11) is 0. The highest BCUT2D eigenvalue weighted by molar-refractivity contribution is 6.30.